The molecule has 10 nitrogen and oxygen atoms in total. The molecule has 0 amide bonds. The summed E-state index contributed by atoms with van der Waals surface area (Å²) in [7, 11) is -8.94. The Bertz CT molecular complexity index is 1750. The maximum atomic E-state index is 13.1. The second-order valence-corrected chi connectivity index (χ2v) is 11.9. The molecule has 0 radical (unpaired) electrons. The van der Waals surface area contributed by atoms with Crippen molar-refractivity contribution in [1.29, 1.82) is 0 Å². The predicted octanol–water partition coefficient (Wildman–Crippen LogP) is 4.82. The number of ether oxygens (including phenoxy) is 1. The van der Waals surface area contributed by atoms with Crippen LogP contribution in [0.3, 0.4) is 0 Å². The Hall–Kier alpha value is -4.42. The van der Waals surface area contributed by atoms with Gasteiger partial charge in [-0.1, -0.05) is 41.5 Å². The Labute approximate surface area is 232 Å². The van der Waals surface area contributed by atoms with Crippen molar-refractivity contribution in [2.24, 2.45) is 0 Å². The van der Waals surface area contributed by atoms with Gasteiger partial charge in [0.25, 0.3) is 0 Å². The Morgan fingerprint density at radius 1 is 0.775 bits per heavy atom. The van der Waals surface area contributed by atoms with E-state index in [0.29, 0.717) is 5.69 Å². The molecule has 3 aromatic carbocycles. The lowest BCUT2D eigenvalue weighted by Crippen LogP contribution is -2.16. The Balaban J connectivity index is 1.85. The number of aryl methyl sites for hydroxylation is 2. The van der Waals surface area contributed by atoms with Gasteiger partial charge in [0, 0.05) is 17.8 Å². The molecule has 0 saturated carbocycles. The molecule has 0 saturated heterocycles. The Morgan fingerprint density at radius 3 is 1.77 bits per heavy atom. The van der Waals surface area contributed by atoms with E-state index in [0.717, 1.165) is 17.2 Å². The zero-order valence-corrected chi connectivity index (χ0v) is 23.3. The van der Waals surface area contributed by atoms with Crippen molar-refractivity contribution in [2.45, 2.75) is 37.2 Å². The van der Waals surface area contributed by atoms with Gasteiger partial charge in [-0.25, -0.2) is 4.79 Å². The van der Waals surface area contributed by atoms with Crippen LogP contribution in [-0.2, 0) is 26.8 Å². The summed E-state index contributed by atoms with van der Waals surface area (Å²) in [6.45, 7) is 4.73. The molecule has 4 aromatic rings. The summed E-state index contributed by atoms with van der Waals surface area (Å²) in [4.78, 5) is 16.1. The molecule has 0 atom stereocenters. The van der Waals surface area contributed by atoms with Crippen molar-refractivity contribution in [3.8, 4) is 17.2 Å². The third kappa shape index (κ3) is 6.41. The average Bonchev–Trinajstić information content (AvgIpc) is 2.90. The third-order valence-electron chi connectivity index (χ3n) is 5.77. The van der Waals surface area contributed by atoms with Crippen LogP contribution in [0.5, 0.6) is 17.2 Å². The number of hydrogen-bond acceptors (Lipinski definition) is 9. The molecule has 12 heteroatoms. The van der Waals surface area contributed by atoms with Crippen LogP contribution in [-0.4, -0.2) is 32.9 Å². The number of carboxylic acids is 1. The molecule has 0 aliphatic carbocycles. The molecule has 40 heavy (non-hydrogen) atoms. The van der Waals surface area contributed by atoms with Crippen LogP contribution in [0.1, 0.15) is 32.7 Å². The first kappa shape index (κ1) is 28.6. The molecule has 0 aliphatic heterocycles. The van der Waals surface area contributed by atoms with Crippen molar-refractivity contribution in [1.82, 2.24) is 4.98 Å². The smallest absolute Gasteiger partial charge is 0.343 e. The summed E-state index contributed by atoms with van der Waals surface area (Å²) in [6, 6.07) is 17.5. The fraction of sp³-hybridized carbons (Fsp3) is 0.143. The van der Waals surface area contributed by atoms with Gasteiger partial charge in [0.05, 0.1) is 5.69 Å². The fourth-order valence-electron chi connectivity index (χ4n) is 3.62. The highest BCUT2D eigenvalue weighted by molar-refractivity contribution is 7.87. The second-order valence-electron chi connectivity index (χ2n) is 8.82. The SMILES string of the molecule is Cc1ccc(S(=O)(=O)Oc2cc(OS(=O)(=O)c3ccc(C)cc3)c(C(=O)O)c(OCc3ccccn3)c2C)cc1. The average molecular weight is 584 g/mol. The molecule has 1 aromatic heterocycles. The van der Waals surface area contributed by atoms with E-state index in [9.17, 15) is 26.7 Å². The van der Waals surface area contributed by atoms with Gasteiger partial charge < -0.3 is 18.2 Å². The van der Waals surface area contributed by atoms with Gasteiger partial charge >= 0.3 is 26.2 Å². The number of carboxylic acid groups (broad SMARTS) is 1. The standard InChI is InChI=1S/C28H25NO9S2/c1-18-7-11-22(12-8-18)39(32,33)37-24-16-25(38-40(34,35)23-13-9-19(2)10-14-23)26(28(30)31)27(20(24)3)36-17-21-6-4-5-15-29-21/h4-16H,17H2,1-3H3,(H,30,31). The molecule has 0 unspecified atom stereocenters. The normalized spacial score (nSPS) is 11.6. The number of aromatic carboxylic acids is 1. The topological polar surface area (TPSA) is 146 Å². The van der Waals surface area contributed by atoms with E-state index in [4.69, 9.17) is 13.1 Å². The maximum Gasteiger partial charge on any atom is 0.343 e. The molecular weight excluding hydrogens is 558 g/mol. The summed E-state index contributed by atoms with van der Waals surface area (Å²) < 4.78 is 68.7. The number of aromatic nitrogens is 1. The maximum absolute atomic E-state index is 13.1. The fourth-order valence-corrected chi connectivity index (χ4v) is 5.53. The monoisotopic (exact) mass is 583 g/mol. The van der Waals surface area contributed by atoms with E-state index in [-0.39, 0.29) is 33.5 Å². The number of hydrogen-bond donors (Lipinski definition) is 1. The van der Waals surface area contributed by atoms with Gasteiger partial charge in [-0.2, -0.15) is 16.8 Å². The summed E-state index contributed by atoms with van der Waals surface area (Å²) in [6.07, 6.45) is 1.51. The van der Waals surface area contributed by atoms with Gasteiger partial charge in [-0.3, -0.25) is 4.98 Å². The minimum absolute atomic E-state index is 0.0101. The predicted molar refractivity (Wildman–Crippen MR) is 145 cm³/mol. The highest BCUT2D eigenvalue weighted by Crippen LogP contribution is 2.41. The van der Waals surface area contributed by atoms with Crippen LogP contribution in [0.15, 0.2) is 88.8 Å². The van der Waals surface area contributed by atoms with E-state index in [1.807, 2.05) is 0 Å². The first-order valence-corrected chi connectivity index (χ1v) is 14.6. The summed E-state index contributed by atoms with van der Waals surface area (Å²) in [5.74, 6) is -2.98. The van der Waals surface area contributed by atoms with Crippen LogP contribution in [0.4, 0.5) is 0 Å². The Morgan fingerprint density at radius 2 is 1.30 bits per heavy atom. The quantitative estimate of drug-likeness (QED) is 0.258. The minimum Gasteiger partial charge on any atom is -0.486 e. The highest BCUT2D eigenvalue weighted by Gasteiger charge is 2.30. The van der Waals surface area contributed by atoms with E-state index in [1.54, 1.807) is 56.3 Å². The lowest BCUT2D eigenvalue weighted by molar-refractivity contribution is 0.0689. The number of benzene rings is 3. The van der Waals surface area contributed by atoms with Gasteiger partial charge in [0.2, 0.25) is 0 Å². The first-order chi connectivity index (χ1) is 18.9. The second kappa shape index (κ2) is 11.4. The van der Waals surface area contributed by atoms with Crippen molar-refractivity contribution < 1.29 is 39.8 Å². The van der Waals surface area contributed by atoms with Gasteiger partial charge in [0.15, 0.2) is 11.5 Å². The van der Waals surface area contributed by atoms with Crippen molar-refractivity contribution in [2.75, 3.05) is 0 Å². The number of carbonyl (C=O) groups is 1. The Kier molecular flexibility index (Phi) is 8.12. The van der Waals surface area contributed by atoms with Gasteiger partial charge in [-0.15, -0.1) is 0 Å². The van der Waals surface area contributed by atoms with Crippen LogP contribution in [0, 0.1) is 20.8 Å². The lowest BCUT2D eigenvalue weighted by Gasteiger charge is -2.19. The molecule has 0 bridgehead atoms. The van der Waals surface area contributed by atoms with Crippen LogP contribution in [0.2, 0.25) is 0 Å². The summed E-state index contributed by atoms with van der Waals surface area (Å²) in [5, 5.41) is 10.1. The molecule has 1 heterocycles. The molecule has 0 spiro atoms. The largest absolute Gasteiger partial charge is 0.486 e. The van der Waals surface area contributed by atoms with Crippen molar-refractivity contribution in [3.05, 3.63) is 107 Å². The van der Waals surface area contributed by atoms with E-state index in [2.05, 4.69) is 4.98 Å². The first-order valence-electron chi connectivity index (χ1n) is 11.8. The molecular formula is C28H25NO9S2. The molecule has 208 valence electrons. The highest BCUT2D eigenvalue weighted by atomic mass is 32.2. The van der Waals surface area contributed by atoms with Crippen LogP contribution < -0.4 is 13.1 Å². The minimum atomic E-state index is -4.54. The lowest BCUT2D eigenvalue weighted by atomic mass is 10.1. The van der Waals surface area contributed by atoms with Crippen LogP contribution >= 0.6 is 0 Å². The van der Waals surface area contributed by atoms with Crippen LogP contribution in [0.25, 0.3) is 0 Å². The molecule has 0 fully saturated rings. The zero-order valence-electron chi connectivity index (χ0n) is 21.7. The van der Waals surface area contributed by atoms with Gasteiger partial charge in [0.1, 0.15) is 27.7 Å². The van der Waals surface area contributed by atoms with E-state index < -0.39 is 37.5 Å². The zero-order chi connectivity index (χ0) is 29.1. The number of pyridine rings is 1. The molecule has 0 aliphatic rings. The van der Waals surface area contributed by atoms with Gasteiger partial charge in [-0.05, 0) is 57.2 Å². The number of nitrogens with zero attached hydrogens (tertiary/aromatic N) is 1. The third-order valence-corrected chi connectivity index (χ3v) is 8.27. The van der Waals surface area contributed by atoms with E-state index in [1.165, 1.54) is 37.4 Å². The van der Waals surface area contributed by atoms with Crippen molar-refractivity contribution >= 4 is 26.2 Å². The summed E-state index contributed by atoms with van der Waals surface area (Å²) >= 11 is 0. The van der Waals surface area contributed by atoms with Crippen molar-refractivity contribution in [3.63, 3.8) is 0 Å². The number of rotatable bonds is 10. The van der Waals surface area contributed by atoms with E-state index >= 15 is 0 Å². The summed E-state index contributed by atoms with van der Waals surface area (Å²) in [5.41, 5.74) is 1.41. The molecule has 4 rings (SSSR count). The molecule has 1 N–H and O–H groups in total.